The normalized spacial score (nSPS) is 13.9. The Bertz CT molecular complexity index is 883. The zero-order valence-electron chi connectivity index (χ0n) is 10.9. The second-order valence-corrected chi connectivity index (χ2v) is 8.33. The third-order valence-electron chi connectivity index (χ3n) is 3.34. The Labute approximate surface area is 126 Å². The monoisotopic (exact) mass is 351 g/mol. The highest BCUT2D eigenvalue weighted by atomic mass is 79.9. The largest absolute Gasteiger partial charge is 0.355 e. The van der Waals surface area contributed by atoms with Crippen LogP contribution in [0.15, 0.2) is 42.5 Å². The number of aromatic nitrogens is 1. The van der Waals surface area contributed by atoms with Crippen molar-refractivity contribution in [1.82, 2.24) is 4.98 Å². The average Bonchev–Trinajstić information content (AvgIpc) is 2.74. The predicted octanol–water partition coefficient (Wildman–Crippen LogP) is 3.80. The molecule has 20 heavy (non-hydrogen) atoms. The van der Waals surface area contributed by atoms with E-state index in [1.807, 2.05) is 30.3 Å². The maximum Gasteiger partial charge on any atom is 0.148 e. The van der Waals surface area contributed by atoms with Gasteiger partial charge in [0.05, 0.1) is 10.6 Å². The fourth-order valence-corrected chi connectivity index (χ4v) is 4.87. The third-order valence-corrected chi connectivity index (χ3v) is 5.56. The zero-order chi connectivity index (χ0) is 14.3. The Kier molecular flexibility index (Phi) is 3.34. The number of halogens is 1. The number of H-pyrrole nitrogens is 1. The van der Waals surface area contributed by atoms with E-state index in [2.05, 4.69) is 33.0 Å². The molecule has 0 radical (unpaired) electrons. The van der Waals surface area contributed by atoms with E-state index in [9.17, 15) is 8.42 Å². The first-order valence-corrected chi connectivity index (χ1v) is 9.24. The molecule has 1 atom stereocenters. The molecule has 3 aromatic rings. The van der Waals surface area contributed by atoms with Gasteiger partial charge in [-0.15, -0.1) is 0 Å². The van der Waals surface area contributed by atoms with E-state index in [0.717, 1.165) is 27.4 Å². The Balaban J connectivity index is 2.12. The van der Waals surface area contributed by atoms with Crippen molar-refractivity contribution in [3.63, 3.8) is 0 Å². The fourth-order valence-electron chi connectivity index (χ4n) is 2.42. The van der Waals surface area contributed by atoms with Gasteiger partial charge in [-0.3, -0.25) is 0 Å². The second kappa shape index (κ2) is 4.90. The van der Waals surface area contributed by atoms with E-state index in [4.69, 9.17) is 0 Å². The Hall–Kier alpha value is -1.33. The molecule has 1 heterocycles. The molecule has 3 rings (SSSR count). The highest BCUT2D eigenvalue weighted by Gasteiger charge is 2.15. The summed E-state index contributed by atoms with van der Waals surface area (Å²) in [6.07, 6.45) is 1.26. The number of para-hydroxylation sites is 1. The predicted molar refractivity (Wildman–Crippen MR) is 87.2 cm³/mol. The molecule has 2 aromatic carbocycles. The van der Waals surface area contributed by atoms with Gasteiger partial charge in [0.1, 0.15) is 9.84 Å². The minimum absolute atomic E-state index is 0.0981. The van der Waals surface area contributed by atoms with Crippen molar-refractivity contribution in [3.8, 4) is 0 Å². The average molecular weight is 352 g/mol. The summed E-state index contributed by atoms with van der Waals surface area (Å²) in [6.45, 7) is 0. The summed E-state index contributed by atoms with van der Waals surface area (Å²) >= 11 is 3.47. The SMILES string of the molecule is CS(=O)(=O)CC(Br)c1ccc2[nH]c3ccccc3c2c1. The molecule has 5 heteroatoms. The van der Waals surface area contributed by atoms with Gasteiger partial charge in [-0.25, -0.2) is 8.42 Å². The number of rotatable bonds is 3. The van der Waals surface area contributed by atoms with Crippen molar-refractivity contribution >= 4 is 47.6 Å². The van der Waals surface area contributed by atoms with Crippen LogP contribution in [0.25, 0.3) is 21.8 Å². The topological polar surface area (TPSA) is 49.9 Å². The van der Waals surface area contributed by atoms with Crippen molar-refractivity contribution in [2.75, 3.05) is 12.0 Å². The van der Waals surface area contributed by atoms with E-state index in [0.29, 0.717) is 0 Å². The number of aromatic amines is 1. The van der Waals surface area contributed by atoms with E-state index in [-0.39, 0.29) is 10.6 Å². The van der Waals surface area contributed by atoms with Gasteiger partial charge in [0.15, 0.2) is 0 Å². The first-order valence-electron chi connectivity index (χ1n) is 6.26. The van der Waals surface area contributed by atoms with E-state index in [1.165, 1.54) is 6.26 Å². The van der Waals surface area contributed by atoms with Crippen LogP contribution >= 0.6 is 15.9 Å². The van der Waals surface area contributed by atoms with Crippen LogP contribution in [0, 0.1) is 0 Å². The molecule has 0 bridgehead atoms. The maximum atomic E-state index is 11.4. The summed E-state index contributed by atoms with van der Waals surface area (Å²) in [5.41, 5.74) is 3.13. The van der Waals surface area contributed by atoms with Gasteiger partial charge in [0, 0.05) is 28.1 Å². The molecule has 0 aliphatic heterocycles. The first-order chi connectivity index (χ1) is 9.44. The van der Waals surface area contributed by atoms with Crippen LogP contribution in [0.1, 0.15) is 10.4 Å². The van der Waals surface area contributed by atoms with Crippen molar-refractivity contribution in [3.05, 3.63) is 48.0 Å². The molecule has 0 fully saturated rings. The highest BCUT2D eigenvalue weighted by Crippen LogP contribution is 2.31. The molecule has 104 valence electrons. The number of hydrogen-bond donors (Lipinski definition) is 1. The molecule has 0 aliphatic rings. The first kappa shape index (κ1) is 13.6. The van der Waals surface area contributed by atoms with Crippen molar-refractivity contribution in [1.29, 1.82) is 0 Å². The van der Waals surface area contributed by atoms with Gasteiger partial charge < -0.3 is 4.98 Å². The number of hydrogen-bond acceptors (Lipinski definition) is 2. The molecule has 1 N–H and O–H groups in total. The van der Waals surface area contributed by atoms with Gasteiger partial charge in [-0.2, -0.15) is 0 Å². The summed E-state index contributed by atoms with van der Waals surface area (Å²) in [7, 11) is -3.01. The quantitative estimate of drug-likeness (QED) is 0.729. The number of benzene rings is 2. The fraction of sp³-hybridized carbons (Fsp3) is 0.200. The van der Waals surface area contributed by atoms with Crippen molar-refractivity contribution in [2.45, 2.75) is 4.83 Å². The maximum absolute atomic E-state index is 11.4. The smallest absolute Gasteiger partial charge is 0.148 e. The molecule has 0 amide bonds. The lowest BCUT2D eigenvalue weighted by molar-refractivity contribution is 0.601. The molecule has 0 saturated carbocycles. The van der Waals surface area contributed by atoms with Crippen LogP contribution in [0.2, 0.25) is 0 Å². The van der Waals surface area contributed by atoms with Crippen LogP contribution in [0.3, 0.4) is 0 Å². The molecule has 0 saturated heterocycles. The summed E-state index contributed by atoms with van der Waals surface area (Å²) in [5, 5.41) is 2.28. The highest BCUT2D eigenvalue weighted by molar-refractivity contribution is 9.09. The third kappa shape index (κ3) is 2.60. The van der Waals surface area contributed by atoms with E-state index in [1.54, 1.807) is 0 Å². The Morgan fingerprint density at radius 1 is 1.10 bits per heavy atom. The molecule has 3 nitrogen and oxygen atoms in total. The minimum Gasteiger partial charge on any atom is -0.355 e. The number of fused-ring (bicyclic) bond motifs is 3. The molecular formula is C15H14BrNO2S. The number of nitrogens with one attached hydrogen (secondary N) is 1. The second-order valence-electron chi connectivity index (χ2n) is 5.04. The van der Waals surface area contributed by atoms with Gasteiger partial charge in [0.2, 0.25) is 0 Å². The zero-order valence-corrected chi connectivity index (χ0v) is 13.3. The summed E-state index contributed by atoms with van der Waals surface area (Å²) < 4.78 is 22.8. The summed E-state index contributed by atoms with van der Waals surface area (Å²) in [6, 6.07) is 14.1. The standard InChI is InChI=1S/C15H14BrNO2S/c1-20(18,19)9-13(16)10-6-7-15-12(8-10)11-4-2-3-5-14(11)17-15/h2-8,13,17H,9H2,1H3. The van der Waals surface area contributed by atoms with E-state index < -0.39 is 9.84 Å². The lowest BCUT2D eigenvalue weighted by Gasteiger charge is -2.09. The van der Waals surface area contributed by atoms with Gasteiger partial charge in [-0.1, -0.05) is 40.2 Å². The Morgan fingerprint density at radius 3 is 2.55 bits per heavy atom. The van der Waals surface area contributed by atoms with Gasteiger partial charge in [-0.05, 0) is 23.8 Å². The molecular weight excluding hydrogens is 338 g/mol. The molecule has 0 aliphatic carbocycles. The van der Waals surface area contributed by atoms with E-state index >= 15 is 0 Å². The molecule has 1 unspecified atom stereocenters. The van der Waals surface area contributed by atoms with Crippen molar-refractivity contribution < 1.29 is 8.42 Å². The molecule has 0 spiro atoms. The van der Waals surface area contributed by atoms with Crippen molar-refractivity contribution in [2.24, 2.45) is 0 Å². The van der Waals surface area contributed by atoms with Crippen LogP contribution in [0.5, 0.6) is 0 Å². The number of sulfone groups is 1. The lowest BCUT2D eigenvalue weighted by atomic mass is 10.1. The summed E-state index contributed by atoms with van der Waals surface area (Å²) in [4.78, 5) is 3.17. The van der Waals surface area contributed by atoms with Crippen LogP contribution in [-0.2, 0) is 9.84 Å². The Morgan fingerprint density at radius 2 is 1.80 bits per heavy atom. The minimum atomic E-state index is -3.01. The molecule has 1 aromatic heterocycles. The van der Waals surface area contributed by atoms with Crippen LogP contribution in [-0.4, -0.2) is 25.4 Å². The lowest BCUT2D eigenvalue weighted by Crippen LogP contribution is -2.08. The van der Waals surface area contributed by atoms with Gasteiger partial charge >= 0.3 is 0 Å². The van der Waals surface area contributed by atoms with Crippen LogP contribution in [0.4, 0.5) is 0 Å². The van der Waals surface area contributed by atoms with Crippen LogP contribution < -0.4 is 0 Å². The van der Waals surface area contributed by atoms with Gasteiger partial charge in [0.25, 0.3) is 0 Å². The summed E-state index contributed by atoms with van der Waals surface area (Å²) in [5.74, 6) is 0.0981. The number of alkyl halides is 1.